The molecular formula is C25H38FN3O3. The molecule has 7 heteroatoms. The van der Waals surface area contributed by atoms with Gasteiger partial charge in [0, 0.05) is 25.0 Å². The number of hydrogen-bond donors (Lipinski definition) is 4. The minimum atomic E-state index is -0.603. The summed E-state index contributed by atoms with van der Waals surface area (Å²) in [5.41, 5.74) is 0.850. The molecule has 1 aromatic rings. The third-order valence-electron chi connectivity index (χ3n) is 7.98. The number of carbonyl (C=O) groups excluding carboxylic acids is 2. The van der Waals surface area contributed by atoms with Crippen LogP contribution in [-0.4, -0.2) is 35.7 Å². The maximum Gasteiger partial charge on any atom is 0.315 e. The van der Waals surface area contributed by atoms with Crippen LogP contribution in [0.5, 0.6) is 0 Å². The molecule has 3 amide bonds. The van der Waals surface area contributed by atoms with Gasteiger partial charge >= 0.3 is 6.03 Å². The highest BCUT2D eigenvalue weighted by Gasteiger charge is 2.53. The second-order valence-corrected chi connectivity index (χ2v) is 10.0. The van der Waals surface area contributed by atoms with Gasteiger partial charge in [-0.2, -0.15) is 0 Å². The number of benzene rings is 1. The maximum atomic E-state index is 13.1. The summed E-state index contributed by atoms with van der Waals surface area (Å²) in [7, 11) is 0. The van der Waals surface area contributed by atoms with Gasteiger partial charge in [-0.15, -0.1) is 0 Å². The van der Waals surface area contributed by atoms with Gasteiger partial charge in [0.05, 0.1) is 6.10 Å². The molecular weight excluding hydrogens is 409 g/mol. The molecule has 2 aliphatic rings. The van der Waals surface area contributed by atoms with E-state index in [0.29, 0.717) is 13.1 Å². The molecule has 0 aliphatic heterocycles. The van der Waals surface area contributed by atoms with Gasteiger partial charge < -0.3 is 21.1 Å². The van der Waals surface area contributed by atoms with Gasteiger partial charge in [0.1, 0.15) is 5.82 Å². The number of rotatable bonds is 6. The zero-order valence-corrected chi connectivity index (χ0v) is 19.7. The van der Waals surface area contributed by atoms with Crippen molar-refractivity contribution in [1.29, 1.82) is 0 Å². The third-order valence-corrected chi connectivity index (χ3v) is 7.98. The number of aliphatic hydroxyl groups excluding tert-OH is 1. The predicted octanol–water partition coefficient (Wildman–Crippen LogP) is 3.59. The maximum absolute atomic E-state index is 13.1. The Labute approximate surface area is 190 Å². The van der Waals surface area contributed by atoms with E-state index in [0.717, 1.165) is 31.2 Å². The molecule has 0 radical (unpaired) electrons. The Morgan fingerprint density at radius 1 is 1.19 bits per heavy atom. The lowest BCUT2D eigenvalue weighted by Crippen LogP contribution is -2.59. The van der Waals surface area contributed by atoms with Crippen molar-refractivity contribution in [3.05, 3.63) is 35.6 Å². The van der Waals surface area contributed by atoms with Crippen molar-refractivity contribution >= 4 is 11.9 Å². The molecule has 0 unspecified atom stereocenters. The van der Waals surface area contributed by atoms with Gasteiger partial charge in [-0.3, -0.25) is 4.79 Å². The molecule has 3 rings (SSSR count). The summed E-state index contributed by atoms with van der Waals surface area (Å²) in [4.78, 5) is 25.0. The molecule has 0 spiro atoms. The monoisotopic (exact) mass is 447 g/mol. The minimum absolute atomic E-state index is 0.00985. The van der Waals surface area contributed by atoms with Crippen molar-refractivity contribution in [3.8, 4) is 0 Å². The van der Waals surface area contributed by atoms with Gasteiger partial charge in [0.2, 0.25) is 5.91 Å². The minimum Gasteiger partial charge on any atom is -0.392 e. The smallest absolute Gasteiger partial charge is 0.315 e. The van der Waals surface area contributed by atoms with Gasteiger partial charge in [-0.25, -0.2) is 9.18 Å². The lowest BCUT2D eigenvalue weighted by Gasteiger charge is -2.56. The average molecular weight is 448 g/mol. The molecule has 6 nitrogen and oxygen atoms in total. The Morgan fingerprint density at radius 3 is 2.50 bits per heavy atom. The third kappa shape index (κ3) is 5.25. The van der Waals surface area contributed by atoms with Gasteiger partial charge in [0.15, 0.2) is 0 Å². The van der Waals surface area contributed by atoms with Crippen molar-refractivity contribution in [2.75, 3.05) is 6.54 Å². The first kappa shape index (κ1) is 24.5. The highest BCUT2D eigenvalue weighted by atomic mass is 19.1. The van der Waals surface area contributed by atoms with E-state index in [2.05, 4.69) is 29.8 Å². The van der Waals surface area contributed by atoms with Crippen LogP contribution in [0.3, 0.4) is 0 Å². The van der Waals surface area contributed by atoms with Gasteiger partial charge in [-0.05, 0) is 73.5 Å². The van der Waals surface area contributed by atoms with Crippen LogP contribution in [0.15, 0.2) is 24.3 Å². The quantitative estimate of drug-likeness (QED) is 0.537. The van der Waals surface area contributed by atoms with Crippen molar-refractivity contribution in [2.24, 2.45) is 29.1 Å². The van der Waals surface area contributed by atoms with Crippen LogP contribution in [0.25, 0.3) is 0 Å². The molecule has 178 valence electrons. The topological polar surface area (TPSA) is 90.5 Å². The van der Waals surface area contributed by atoms with Crippen LogP contribution in [0.4, 0.5) is 9.18 Å². The fraction of sp³-hybridized carbons (Fsp3) is 0.680. The molecule has 0 heterocycles. The van der Waals surface area contributed by atoms with Crippen molar-refractivity contribution in [1.82, 2.24) is 16.0 Å². The first-order valence-corrected chi connectivity index (χ1v) is 11.9. The summed E-state index contributed by atoms with van der Waals surface area (Å²) in [6, 6.07) is 5.93. The summed E-state index contributed by atoms with van der Waals surface area (Å²) in [6.45, 7) is 9.04. The molecule has 1 aromatic carbocycles. The number of amides is 3. The van der Waals surface area contributed by atoms with E-state index >= 15 is 0 Å². The van der Waals surface area contributed by atoms with E-state index < -0.39 is 6.10 Å². The number of halogens is 1. The Morgan fingerprint density at radius 2 is 1.84 bits per heavy atom. The Hall–Kier alpha value is -2.15. The van der Waals surface area contributed by atoms with E-state index in [1.54, 1.807) is 12.1 Å². The second kappa shape index (κ2) is 10.2. The number of carbonyl (C=O) groups is 2. The van der Waals surface area contributed by atoms with Gasteiger partial charge in [0.25, 0.3) is 0 Å². The first-order valence-electron chi connectivity index (χ1n) is 11.9. The lowest BCUT2D eigenvalue weighted by atomic mass is 9.52. The standard InChI is InChI=1S/C25H38FN3O3/c1-5-27-24(32)29-20-11-13-25(4)12-10-19(22(30)21(25)16(20)3)15(2)23(31)28-14-17-6-8-18(26)9-7-17/h6-9,15-16,19-22,30H,5,10-14H2,1-4H3,(H,28,31)(H2,27,29,32)/t15-,16+,19+,20-,21+,22-,25-/m0/s1. The largest absolute Gasteiger partial charge is 0.392 e. The van der Waals surface area contributed by atoms with E-state index in [-0.39, 0.29) is 52.9 Å². The fourth-order valence-electron chi connectivity index (χ4n) is 6.02. The molecule has 4 N–H and O–H groups in total. The summed E-state index contributed by atoms with van der Waals surface area (Å²) in [5.74, 6) is -0.727. The van der Waals surface area contributed by atoms with Crippen LogP contribution >= 0.6 is 0 Å². The number of fused-ring (bicyclic) bond motifs is 1. The molecule has 0 aromatic heterocycles. The van der Waals surface area contributed by atoms with Crippen LogP contribution < -0.4 is 16.0 Å². The number of urea groups is 1. The number of nitrogens with one attached hydrogen (secondary N) is 3. The molecule has 2 fully saturated rings. The fourth-order valence-corrected chi connectivity index (χ4v) is 6.02. The van der Waals surface area contributed by atoms with E-state index in [1.807, 2.05) is 13.8 Å². The summed E-state index contributed by atoms with van der Waals surface area (Å²) in [5, 5.41) is 20.3. The predicted molar refractivity (Wildman–Crippen MR) is 122 cm³/mol. The lowest BCUT2D eigenvalue weighted by molar-refractivity contribution is -0.142. The second-order valence-electron chi connectivity index (χ2n) is 10.0. The number of aliphatic hydroxyl groups is 1. The van der Waals surface area contributed by atoms with E-state index in [1.165, 1.54) is 12.1 Å². The summed E-state index contributed by atoms with van der Waals surface area (Å²) >= 11 is 0. The normalized spacial score (nSPS) is 33.0. The molecule has 2 aliphatic carbocycles. The Balaban J connectivity index is 1.65. The van der Waals surface area contributed by atoms with Crippen molar-refractivity contribution in [2.45, 2.75) is 72.1 Å². The molecule has 0 bridgehead atoms. The number of hydrogen-bond acceptors (Lipinski definition) is 3. The van der Waals surface area contributed by atoms with Crippen LogP contribution in [0, 0.1) is 34.9 Å². The van der Waals surface area contributed by atoms with Crippen LogP contribution in [0.2, 0.25) is 0 Å². The molecule has 7 atom stereocenters. The average Bonchev–Trinajstić information content (AvgIpc) is 2.75. The van der Waals surface area contributed by atoms with Gasteiger partial charge in [-0.1, -0.05) is 32.9 Å². The molecule has 2 saturated carbocycles. The molecule has 32 heavy (non-hydrogen) atoms. The zero-order valence-electron chi connectivity index (χ0n) is 19.7. The van der Waals surface area contributed by atoms with E-state index in [9.17, 15) is 19.1 Å². The van der Waals surface area contributed by atoms with Crippen LogP contribution in [-0.2, 0) is 11.3 Å². The highest BCUT2D eigenvalue weighted by molar-refractivity contribution is 5.78. The van der Waals surface area contributed by atoms with Crippen LogP contribution in [0.1, 0.15) is 58.9 Å². The SMILES string of the molecule is CCNC(=O)N[C@H]1CC[C@]2(C)CC[C@H]([C@H](C)C(=O)NCc3ccc(F)cc3)[C@H](O)[C@H]2[C@@H]1C. The molecule has 0 saturated heterocycles. The van der Waals surface area contributed by atoms with E-state index in [4.69, 9.17) is 0 Å². The van der Waals surface area contributed by atoms with Crippen molar-refractivity contribution < 1.29 is 19.1 Å². The highest BCUT2D eigenvalue weighted by Crippen LogP contribution is 2.55. The summed E-state index contributed by atoms with van der Waals surface area (Å²) in [6.07, 6.45) is 3.02. The van der Waals surface area contributed by atoms with Crippen molar-refractivity contribution in [3.63, 3.8) is 0 Å². The Bertz CT molecular complexity index is 802. The summed E-state index contributed by atoms with van der Waals surface area (Å²) < 4.78 is 13.1. The Kier molecular flexibility index (Phi) is 7.80. The first-order chi connectivity index (χ1) is 15.2. The zero-order chi connectivity index (χ0) is 23.5.